The Kier molecular flexibility index (Phi) is 5.57. The van der Waals surface area contributed by atoms with Gasteiger partial charge in [-0.1, -0.05) is 0 Å². The molecule has 1 saturated heterocycles. The van der Waals surface area contributed by atoms with E-state index in [1.807, 2.05) is 12.1 Å². The number of sulfonamides is 1. The van der Waals surface area contributed by atoms with E-state index in [4.69, 9.17) is 9.47 Å². The fourth-order valence-electron chi connectivity index (χ4n) is 3.14. The number of anilines is 1. The lowest BCUT2D eigenvalue weighted by molar-refractivity contribution is 0.375. The van der Waals surface area contributed by atoms with Crippen LogP contribution in [0.1, 0.15) is 5.56 Å². The lowest BCUT2D eigenvalue weighted by atomic mass is 10.2. The zero-order valence-electron chi connectivity index (χ0n) is 15.6. The Hall–Kier alpha value is -2.32. The molecule has 0 aliphatic carbocycles. The van der Waals surface area contributed by atoms with Gasteiger partial charge in [-0.3, -0.25) is 0 Å². The quantitative estimate of drug-likeness (QED) is 0.780. The van der Waals surface area contributed by atoms with Crippen LogP contribution in [0, 0.1) is 12.7 Å². The molecule has 0 atom stereocenters. The molecule has 27 heavy (non-hydrogen) atoms. The van der Waals surface area contributed by atoms with E-state index in [1.165, 1.54) is 22.5 Å². The Bertz CT molecular complexity index is 925. The lowest BCUT2D eigenvalue weighted by Crippen LogP contribution is -2.48. The molecule has 0 spiro atoms. The highest BCUT2D eigenvalue weighted by molar-refractivity contribution is 7.89. The monoisotopic (exact) mass is 394 g/mol. The molecule has 0 amide bonds. The standard InChI is InChI=1S/C19H23FN2O4S/c1-14-12-16(5-6-17(14)20)27(23,24)22-10-8-21(9-11-22)18-7-4-15(25-2)13-19(18)26-3/h4-7,12-13H,8-11H2,1-3H3. The maximum absolute atomic E-state index is 13.5. The minimum absolute atomic E-state index is 0.122. The summed E-state index contributed by atoms with van der Waals surface area (Å²) in [6.07, 6.45) is 0. The van der Waals surface area contributed by atoms with E-state index in [9.17, 15) is 12.8 Å². The number of piperazine rings is 1. The summed E-state index contributed by atoms with van der Waals surface area (Å²) < 4.78 is 51.2. The van der Waals surface area contributed by atoms with Gasteiger partial charge in [0.1, 0.15) is 17.3 Å². The first kappa shape index (κ1) is 19.4. The van der Waals surface area contributed by atoms with Crippen LogP contribution >= 0.6 is 0 Å². The van der Waals surface area contributed by atoms with E-state index in [1.54, 1.807) is 27.2 Å². The van der Waals surface area contributed by atoms with Crippen molar-refractivity contribution in [2.75, 3.05) is 45.3 Å². The van der Waals surface area contributed by atoms with Crippen molar-refractivity contribution in [1.82, 2.24) is 4.31 Å². The zero-order chi connectivity index (χ0) is 19.6. The minimum Gasteiger partial charge on any atom is -0.497 e. The van der Waals surface area contributed by atoms with Crippen LogP contribution in [0.25, 0.3) is 0 Å². The SMILES string of the molecule is COc1ccc(N2CCN(S(=O)(=O)c3ccc(F)c(C)c3)CC2)c(OC)c1. The first-order chi connectivity index (χ1) is 12.9. The third kappa shape index (κ3) is 3.86. The van der Waals surface area contributed by atoms with Crippen molar-refractivity contribution in [2.24, 2.45) is 0 Å². The molecule has 2 aromatic rings. The summed E-state index contributed by atoms with van der Waals surface area (Å²) in [7, 11) is -0.459. The topological polar surface area (TPSA) is 59.1 Å². The van der Waals surface area contributed by atoms with Gasteiger partial charge in [0.25, 0.3) is 0 Å². The number of nitrogens with zero attached hydrogens (tertiary/aromatic N) is 2. The molecule has 3 rings (SSSR count). The zero-order valence-corrected chi connectivity index (χ0v) is 16.4. The third-order valence-corrected chi connectivity index (χ3v) is 6.63. The van der Waals surface area contributed by atoms with Crippen molar-refractivity contribution in [2.45, 2.75) is 11.8 Å². The summed E-state index contributed by atoms with van der Waals surface area (Å²) in [4.78, 5) is 2.21. The number of hydrogen-bond donors (Lipinski definition) is 0. The van der Waals surface area contributed by atoms with E-state index in [0.29, 0.717) is 43.2 Å². The molecular weight excluding hydrogens is 371 g/mol. The van der Waals surface area contributed by atoms with Crippen LogP contribution < -0.4 is 14.4 Å². The van der Waals surface area contributed by atoms with Crippen LogP contribution in [0.3, 0.4) is 0 Å². The summed E-state index contributed by atoms with van der Waals surface area (Å²) in [5.41, 5.74) is 1.21. The summed E-state index contributed by atoms with van der Waals surface area (Å²) >= 11 is 0. The lowest BCUT2D eigenvalue weighted by Gasteiger charge is -2.36. The summed E-state index contributed by atoms with van der Waals surface area (Å²) in [5, 5.41) is 0. The van der Waals surface area contributed by atoms with Crippen molar-refractivity contribution in [1.29, 1.82) is 0 Å². The first-order valence-electron chi connectivity index (χ1n) is 8.60. The fraction of sp³-hybridized carbons (Fsp3) is 0.368. The second kappa shape index (κ2) is 7.74. The van der Waals surface area contributed by atoms with Gasteiger partial charge in [0.2, 0.25) is 10.0 Å². The molecular formula is C19H23FN2O4S. The fourth-order valence-corrected chi connectivity index (χ4v) is 4.65. The molecule has 8 heteroatoms. The van der Waals surface area contributed by atoms with Crippen LogP contribution in [-0.4, -0.2) is 53.1 Å². The second-order valence-electron chi connectivity index (χ2n) is 6.34. The summed E-state index contributed by atoms with van der Waals surface area (Å²) in [6.45, 7) is 3.30. The van der Waals surface area contributed by atoms with Crippen LogP contribution in [0.2, 0.25) is 0 Å². The van der Waals surface area contributed by atoms with Gasteiger partial charge < -0.3 is 14.4 Å². The van der Waals surface area contributed by atoms with E-state index in [2.05, 4.69) is 4.90 Å². The molecule has 0 unspecified atom stereocenters. The molecule has 1 heterocycles. The maximum atomic E-state index is 13.5. The average Bonchev–Trinajstić information content (AvgIpc) is 2.69. The number of methoxy groups -OCH3 is 2. The van der Waals surface area contributed by atoms with Crippen LogP contribution in [0.15, 0.2) is 41.3 Å². The Morgan fingerprint density at radius 1 is 0.963 bits per heavy atom. The Labute approximate surface area is 159 Å². The van der Waals surface area contributed by atoms with Gasteiger partial charge in [-0.15, -0.1) is 0 Å². The number of hydrogen-bond acceptors (Lipinski definition) is 5. The predicted molar refractivity (Wildman–Crippen MR) is 102 cm³/mol. The molecule has 6 nitrogen and oxygen atoms in total. The third-order valence-electron chi connectivity index (χ3n) is 4.73. The molecule has 1 aliphatic rings. The van der Waals surface area contributed by atoms with Gasteiger partial charge in [0.15, 0.2) is 0 Å². The number of aryl methyl sites for hydroxylation is 1. The van der Waals surface area contributed by atoms with E-state index >= 15 is 0 Å². The highest BCUT2D eigenvalue weighted by atomic mass is 32.2. The molecule has 1 fully saturated rings. The molecule has 146 valence electrons. The molecule has 0 bridgehead atoms. The van der Waals surface area contributed by atoms with Crippen molar-refractivity contribution in [3.05, 3.63) is 47.8 Å². The summed E-state index contributed by atoms with van der Waals surface area (Å²) in [5.74, 6) is 0.966. The van der Waals surface area contributed by atoms with Crippen molar-refractivity contribution in [3.8, 4) is 11.5 Å². The minimum atomic E-state index is -3.64. The Morgan fingerprint density at radius 3 is 2.26 bits per heavy atom. The van der Waals surface area contributed by atoms with Crippen molar-refractivity contribution < 1.29 is 22.3 Å². The van der Waals surface area contributed by atoms with Gasteiger partial charge >= 0.3 is 0 Å². The highest BCUT2D eigenvalue weighted by Crippen LogP contribution is 2.33. The van der Waals surface area contributed by atoms with Crippen molar-refractivity contribution >= 4 is 15.7 Å². The highest BCUT2D eigenvalue weighted by Gasteiger charge is 2.29. The van der Waals surface area contributed by atoms with Gasteiger partial charge in [-0.05, 0) is 42.8 Å². The Morgan fingerprint density at radius 2 is 1.67 bits per heavy atom. The average molecular weight is 394 g/mol. The Balaban J connectivity index is 1.76. The number of rotatable bonds is 5. The molecule has 0 radical (unpaired) electrons. The van der Waals surface area contributed by atoms with E-state index in [0.717, 1.165) is 5.69 Å². The predicted octanol–water partition coefficient (Wildman–Crippen LogP) is 2.66. The molecule has 2 aromatic carbocycles. The van der Waals surface area contributed by atoms with Crippen LogP contribution in [0.4, 0.5) is 10.1 Å². The van der Waals surface area contributed by atoms with Gasteiger partial charge in [0.05, 0.1) is 24.8 Å². The smallest absolute Gasteiger partial charge is 0.243 e. The molecule has 0 saturated carbocycles. The van der Waals surface area contributed by atoms with E-state index < -0.39 is 15.8 Å². The first-order valence-corrected chi connectivity index (χ1v) is 10.0. The number of ether oxygens (including phenoxy) is 2. The number of benzene rings is 2. The normalized spacial score (nSPS) is 15.6. The van der Waals surface area contributed by atoms with Gasteiger partial charge in [-0.25, -0.2) is 12.8 Å². The summed E-state index contributed by atoms with van der Waals surface area (Å²) in [6, 6.07) is 9.45. The number of halogens is 1. The molecule has 0 N–H and O–H groups in total. The van der Waals surface area contributed by atoms with Crippen LogP contribution in [-0.2, 0) is 10.0 Å². The van der Waals surface area contributed by atoms with Crippen molar-refractivity contribution in [3.63, 3.8) is 0 Å². The van der Waals surface area contributed by atoms with E-state index in [-0.39, 0.29) is 4.90 Å². The van der Waals surface area contributed by atoms with Gasteiger partial charge in [-0.2, -0.15) is 4.31 Å². The molecule has 1 aliphatic heterocycles. The van der Waals surface area contributed by atoms with Crippen LogP contribution in [0.5, 0.6) is 11.5 Å². The van der Waals surface area contributed by atoms with Gasteiger partial charge in [0, 0.05) is 32.2 Å². The molecule has 0 aromatic heterocycles. The second-order valence-corrected chi connectivity index (χ2v) is 8.28. The maximum Gasteiger partial charge on any atom is 0.243 e. The largest absolute Gasteiger partial charge is 0.497 e.